The van der Waals surface area contributed by atoms with E-state index in [9.17, 15) is 9.18 Å². The van der Waals surface area contributed by atoms with Gasteiger partial charge in [-0.2, -0.15) is 0 Å². The third kappa shape index (κ3) is 6.44. The zero-order chi connectivity index (χ0) is 24.5. The monoisotopic (exact) mass is 472 g/mol. The Hall–Kier alpha value is -3.66. The van der Waals surface area contributed by atoms with Crippen molar-refractivity contribution in [3.8, 4) is 11.5 Å². The number of ether oxygens (including phenoxy) is 2. The summed E-state index contributed by atoms with van der Waals surface area (Å²) in [6.45, 7) is 2.19. The Bertz CT molecular complexity index is 1110. The van der Waals surface area contributed by atoms with Gasteiger partial charge < -0.3 is 24.9 Å². The van der Waals surface area contributed by atoms with E-state index in [0.717, 1.165) is 48.4 Å². The average Bonchev–Trinajstić information content (AvgIpc) is 3.26. The molecular formula is C24H29FN4O5. The fourth-order valence-electron chi connectivity index (χ4n) is 4.01. The van der Waals surface area contributed by atoms with Crippen molar-refractivity contribution < 1.29 is 28.6 Å². The number of methoxy groups -OCH3 is 2. The summed E-state index contributed by atoms with van der Waals surface area (Å²) in [4.78, 5) is 30.8. The second-order valence-corrected chi connectivity index (χ2v) is 7.91. The SMILES string of the molecule is COc1ccc(CNC(=O)CN2CCC(c3nc4ccc(F)cc4[nH]3)CC2)cc1OC.O=CO. The van der Waals surface area contributed by atoms with Crippen molar-refractivity contribution in [2.24, 2.45) is 0 Å². The first-order chi connectivity index (χ1) is 16.5. The summed E-state index contributed by atoms with van der Waals surface area (Å²) >= 11 is 0. The van der Waals surface area contributed by atoms with E-state index >= 15 is 0 Å². The van der Waals surface area contributed by atoms with Gasteiger partial charge in [0.25, 0.3) is 6.47 Å². The predicted octanol–water partition coefficient (Wildman–Crippen LogP) is 2.92. The highest BCUT2D eigenvalue weighted by atomic mass is 19.1. The largest absolute Gasteiger partial charge is 0.493 e. The molecule has 1 amide bonds. The molecule has 1 fully saturated rings. The van der Waals surface area contributed by atoms with Crippen LogP contribution in [0.25, 0.3) is 11.0 Å². The first kappa shape index (κ1) is 25.0. The second-order valence-electron chi connectivity index (χ2n) is 7.91. The minimum Gasteiger partial charge on any atom is -0.493 e. The van der Waals surface area contributed by atoms with E-state index in [2.05, 4.69) is 20.2 Å². The number of fused-ring (bicyclic) bond motifs is 1. The standard InChI is InChI=1S/C23H27FN4O3.CH2O2/c1-30-20-6-3-15(11-21(20)31-2)13-25-22(29)14-28-9-7-16(8-10-28)23-26-18-5-4-17(24)12-19(18)27-23;2-1-3/h3-6,11-12,16H,7-10,13-14H2,1-2H3,(H,25,29)(H,26,27);1H,(H,2,3). The summed E-state index contributed by atoms with van der Waals surface area (Å²) in [6, 6.07) is 10.2. The number of amides is 1. The number of carbonyl (C=O) groups excluding carboxylic acids is 1. The van der Waals surface area contributed by atoms with Gasteiger partial charge in [-0.3, -0.25) is 14.5 Å². The first-order valence-electron chi connectivity index (χ1n) is 10.9. The molecule has 10 heteroatoms. The summed E-state index contributed by atoms with van der Waals surface area (Å²) in [5.41, 5.74) is 2.46. The highest BCUT2D eigenvalue weighted by Crippen LogP contribution is 2.28. The van der Waals surface area contributed by atoms with E-state index in [1.165, 1.54) is 12.1 Å². The summed E-state index contributed by atoms with van der Waals surface area (Å²) in [7, 11) is 3.18. The summed E-state index contributed by atoms with van der Waals surface area (Å²) in [5, 5.41) is 9.86. The molecule has 0 atom stereocenters. The van der Waals surface area contributed by atoms with Gasteiger partial charge in [0, 0.05) is 12.5 Å². The van der Waals surface area contributed by atoms with Crippen LogP contribution in [-0.2, 0) is 16.1 Å². The number of imidazole rings is 1. The van der Waals surface area contributed by atoms with Crippen molar-refractivity contribution in [2.75, 3.05) is 33.9 Å². The van der Waals surface area contributed by atoms with Gasteiger partial charge >= 0.3 is 0 Å². The van der Waals surface area contributed by atoms with Gasteiger partial charge in [-0.15, -0.1) is 0 Å². The van der Waals surface area contributed by atoms with Crippen LogP contribution in [0.1, 0.15) is 30.1 Å². The molecule has 0 unspecified atom stereocenters. The third-order valence-corrected chi connectivity index (χ3v) is 5.74. The fraction of sp³-hybridized carbons (Fsp3) is 0.375. The van der Waals surface area contributed by atoms with Crippen LogP contribution in [0.4, 0.5) is 4.39 Å². The topological polar surface area (TPSA) is 117 Å². The average molecular weight is 473 g/mol. The van der Waals surface area contributed by atoms with E-state index in [1.54, 1.807) is 20.3 Å². The quantitative estimate of drug-likeness (QED) is 0.453. The Kier molecular flexibility index (Phi) is 8.80. The molecule has 2 aromatic carbocycles. The zero-order valence-electron chi connectivity index (χ0n) is 19.2. The van der Waals surface area contributed by atoms with Crippen LogP contribution in [0.3, 0.4) is 0 Å². The third-order valence-electron chi connectivity index (χ3n) is 5.74. The number of rotatable bonds is 7. The number of carbonyl (C=O) groups is 2. The second kappa shape index (κ2) is 12.0. The van der Waals surface area contributed by atoms with Gasteiger partial charge in [0.05, 0.1) is 31.8 Å². The highest BCUT2D eigenvalue weighted by molar-refractivity contribution is 5.78. The summed E-state index contributed by atoms with van der Waals surface area (Å²) in [5.74, 6) is 2.23. The molecule has 9 nitrogen and oxygen atoms in total. The molecule has 3 N–H and O–H groups in total. The molecule has 182 valence electrons. The maximum atomic E-state index is 13.4. The normalized spacial score (nSPS) is 14.2. The van der Waals surface area contributed by atoms with Crippen LogP contribution < -0.4 is 14.8 Å². The number of halogens is 1. The predicted molar refractivity (Wildman–Crippen MR) is 125 cm³/mol. The number of likely N-dealkylation sites (tertiary alicyclic amines) is 1. The van der Waals surface area contributed by atoms with Crippen molar-refractivity contribution in [2.45, 2.75) is 25.3 Å². The number of nitrogens with zero attached hydrogens (tertiary/aromatic N) is 2. The summed E-state index contributed by atoms with van der Waals surface area (Å²) < 4.78 is 23.9. The number of piperidine rings is 1. The lowest BCUT2D eigenvalue weighted by Gasteiger charge is -2.30. The molecule has 2 heterocycles. The molecule has 1 aliphatic rings. The van der Waals surface area contributed by atoms with Crippen molar-refractivity contribution in [1.29, 1.82) is 0 Å². The molecule has 4 rings (SSSR count). The molecule has 0 saturated carbocycles. The number of aromatic nitrogens is 2. The van der Waals surface area contributed by atoms with Gasteiger partial charge in [0.2, 0.25) is 5.91 Å². The van der Waals surface area contributed by atoms with Crippen LogP contribution >= 0.6 is 0 Å². The van der Waals surface area contributed by atoms with Crippen LogP contribution in [0.15, 0.2) is 36.4 Å². The van der Waals surface area contributed by atoms with Crippen LogP contribution in [0.5, 0.6) is 11.5 Å². The molecule has 0 spiro atoms. The number of carboxylic acid groups (broad SMARTS) is 1. The van der Waals surface area contributed by atoms with Crippen molar-refractivity contribution in [3.05, 3.63) is 53.6 Å². The maximum absolute atomic E-state index is 13.4. The van der Waals surface area contributed by atoms with Crippen LogP contribution in [0.2, 0.25) is 0 Å². The van der Waals surface area contributed by atoms with E-state index in [4.69, 9.17) is 19.4 Å². The fourth-order valence-corrected chi connectivity index (χ4v) is 4.01. The van der Waals surface area contributed by atoms with Crippen LogP contribution in [-0.4, -0.2) is 66.2 Å². The van der Waals surface area contributed by atoms with E-state index < -0.39 is 0 Å². The molecule has 0 bridgehead atoms. The summed E-state index contributed by atoms with van der Waals surface area (Å²) in [6.07, 6.45) is 1.82. The lowest BCUT2D eigenvalue weighted by molar-refractivity contribution is -0.123. The van der Waals surface area contributed by atoms with Crippen LogP contribution in [0, 0.1) is 5.82 Å². The Balaban J connectivity index is 0.00000103. The molecule has 3 aromatic rings. The van der Waals surface area contributed by atoms with Crippen molar-refractivity contribution in [3.63, 3.8) is 0 Å². The number of aromatic amines is 1. The van der Waals surface area contributed by atoms with Gasteiger partial charge in [0.15, 0.2) is 11.5 Å². The van der Waals surface area contributed by atoms with E-state index in [0.29, 0.717) is 30.5 Å². The molecular weight excluding hydrogens is 443 g/mol. The van der Waals surface area contributed by atoms with Crippen molar-refractivity contribution in [1.82, 2.24) is 20.2 Å². The molecule has 0 radical (unpaired) electrons. The highest BCUT2D eigenvalue weighted by Gasteiger charge is 2.24. The Morgan fingerprint density at radius 1 is 1.21 bits per heavy atom. The lowest BCUT2D eigenvalue weighted by atomic mass is 9.96. The van der Waals surface area contributed by atoms with Gasteiger partial charge in [0.1, 0.15) is 11.6 Å². The molecule has 1 aromatic heterocycles. The van der Waals surface area contributed by atoms with Crippen molar-refractivity contribution >= 4 is 23.4 Å². The van der Waals surface area contributed by atoms with Gasteiger partial charge in [-0.25, -0.2) is 9.37 Å². The van der Waals surface area contributed by atoms with E-state index in [1.807, 2.05) is 18.2 Å². The molecule has 1 saturated heterocycles. The minimum absolute atomic E-state index is 0.00699. The number of H-pyrrole nitrogens is 1. The number of nitrogens with one attached hydrogen (secondary N) is 2. The number of hydrogen-bond donors (Lipinski definition) is 3. The van der Waals surface area contributed by atoms with Gasteiger partial charge in [-0.1, -0.05) is 6.07 Å². The Labute approximate surface area is 196 Å². The maximum Gasteiger partial charge on any atom is 0.290 e. The molecule has 0 aliphatic carbocycles. The Morgan fingerprint density at radius 2 is 1.91 bits per heavy atom. The zero-order valence-corrected chi connectivity index (χ0v) is 19.2. The smallest absolute Gasteiger partial charge is 0.290 e. The molecule has 34 heavy (non-hydrogen) atoms. The lowest BCUT2D eigenvalue weighted by Crippen LogP contribution is -2.41. The number of benzene rings is 2. The minimum atomic E-state index is -0.267. The van der Waals surface area contributed by atoms with Gasteiger partial charge in [-0.05, 0) is 61.8 Å². The van der Waals surface area contributed by atoms with E-state index in [-0.39, 0.29) is 18.2 Å². The number of hydrogen-bond acceptors (Lipinski definition) is 6. The Morgan fingerprint density at radius 3 is 2.59 bits per heavy atom. The molecule has 1 aliphatic heterocycles. The first-order valence-corrected chi connectivity index (χ1v) is 10.9.